The standard InChI is InChI=1S/C9H20N2O2/c1-6(5-10)7(2)11-9(12)8(3)13-4/h6-8H,5,10H2,1-4H3,(H,11,12). The minimum atomic E-state index is -0.396. The summed E-state index contributed by atoms with van der Waals surface area (Å²) in [6.07, 6.45) is -0.396. The fraction of sp³-hybridized carbons (Fsp3) is 0.889. The van der Waals surface area contributed by atoms with Crippen LogP contribution >= 0.6 is 0 Å². The summed E-state index contributed by atoms with van der Waals surface area (Å²) in [7, 11) is 1.52. The molecule has 4 nitrogen and oxygen atoms in total. The Morgan fingerprint density at radius 1 is 1.46 bits per heavy atom. The van der Waals surface area contributed by atoms with E-state index in [4.69, 9.17) is 10.5 Å². The lowest BCUT2D eigenvalue weighted by molar-refractivity contribution is -0.130. The molecule has 0 saturated carbocycles. The molecule has 0 radical (unpaired) electrons. The lowest BCUT2D eigenvalue weighted by atomic mass is 10.0. The molecule has 0 saturated heterocycles. The molecule has 78 valence electrons. The van der Waals surface area contributed by atoms with E-state index in [1.807, 2.05) is 13.8 Å². The number of hydrogen-bond acceptors (Lipinski definition) is 3. The minimum Gasteiger partial charge on any atom is -0.372 e. The summed E-state index contributed by atoms with van der Waals surface area (Å²) < 4.78 is 4.88. The predicted octanol–water partition coefficient (Wildman–Crippen LogP) is 0.121. The van der Waals surface area contributed by atoms with Gasteiger partial charge in [-0.25, -0.2) is 0 Å². The molecular weight excluding hydrogens is 168 g/mol. The Morgan fingerprint density at radius 3 is 2.38 bits per heavy atom. The molecule has 0 aliphatic heterocycles. The van der Waals surface area contributed by atoms with E-state index in [0.717, 1.165) is 0 Å². The first kappa shape index (κ1) is 12.4. The number of ether oxygens (including phenoxy) is 1. The lowest BCUT2D eigenvalue weighted by Gasteiger charge is -2.21. The topological polar surface area (TPSA) is 64.3 Å². The Bertz CT molecular complexity index is 162. The summed E-state index contributed by atoms with van der Waals surface area (Å²) >= 11 is 0. The molecule has 13 heavy (non-hydrogen) atoms. The second-order valence-corrected chi connectivity index (χ2v) is 3.39. The summed E-state index contributed by atoms with van der Waals surface area (Å²) in [5.41, 5.74) is 5.47. The average Bonchev–Trinajstić information content (AvgIpc) is 2.14. The van der Waals surface area contributed by atoms with Crippen molar-refractivity contribution >= 4 is 5.91 Å². The SMILES string of the molecule is COC(C)C(=O)NC(C)C(C)CN. The molecule has 0 aromatic rings. The molecule has 4 heteroatoms. The van der Waals surface area contributed by atoms with Gasteiger partial charge in [0.1, 0.15) is 6.10 Å². The van der Waals surface area contributed by atoms with Gasteiger partial charge in [-0.2, -0.15) is 0 Å². The maximum absolute atomic E-state index is 11.3. The molecule has 0 bridgehead atoms. The summed E-state index contributed by atoms with van der Waals surface area (Å²) in [5.74, 6) is 0.198. The quantitative estimate of drug-likeness (QED) is 0.644. The fourth-order valence-electron chi connectivity index (χ4n) is 0.795. The molecule has 0 fully saturated rings. The van der Waals surface area contributed by atoms with Crippen molar-refractivity contribution in [2.24, 2.45) is 11.7 Å². The van der Waals surface area contributed by atoms with Crippen molar-refractivity contribution in [1.82, 2.24) is 5.32 Å². The molecule has 0 aliphatic carbocycles. The summed E-state index contributed by atoms with van der Waals surface area (Å²) in [5, 5.41) is 2.84. The Hall–Kier alpha value is -0.610. The van der Waals surface area contributed by atoms with Crippen molar-refractivity contribution in [3.8, 4) is 0 Å². The highest BCUT2D eigenvalue weighted by Crippen LogP contribution is 2.00. The van der Waals surface area contributed by atoms with Crippen molar-refractivity contribution in [3.05, 3.63) is 0 Å². The molecule has 0 rings (SSSR count). The van der Waals surface area contributed by atoms with Crippen LogP contribution in [0.4, 0.5) is 0 Å². The summed E-state index contributed by atoms with van der Waals surface area (Å²) in [6.45, 7) is 6.23. The van der Waals surface area contributed by atoms with Crippen LogP contribution in [0, 0.1) is 5.92 Å². The largest absolute Gasteiger partial charge is 0.372 e. The third-order valence-corrected chi connectivity index (χ3v) is 2.32. The zero-order chi connectivity index (χ0) is 10.4. The Balaban J connectivity index is 3.91. The van der Waals surface area contributed by atoms with E-state index in [-0.39, 0.29) is 17.9 Å². The normalized spacial score (nSPS) is 17.6. The third-order valence-electron chi connectivity index (χ3n) is 2.32. The van der Waals surface area contributed by atoms with Gasteiger partial charge >= 0.3 is 0 Å². The molecule has 1 amide bonds. The molecule has 3 N–H and O–H groups in total. The van der Waals surface area contributed by atoms with Crippen LogP contribution in [-0.4, -0.2) is 31.7 Å². The van der Waals surface area contributed by atoms with E-state index in [0.29, 0.717) is 6.54 Å². The van der Waals surface area contributed by atoms with E-state index in [1.54, 1.807) is 6.92 Å². The van der Waals surface area contributed by atoms with Crippen LogP contribution in [0.2, 0.25) is 0 Å². The van der Waals surface area contributed by atoms with Gasteiger partial charge in [-0.05, 0) is 26.3 Å². The molecule has 0 heterocycles. The highest BCUT2D eigenvalue weighted by Gasteiger charge is 2.17. The first-order chi connectivity index (χ1) is 6.02. The molecule has 3 unspecified atom stereocenters. The van der Waals surface area contributed by atoms with Crippen LogP contribution in [0.25, 0.3) is 0 Å². The second-order valence-electron chi connectivity index (χ2n) is 3.39. The van der Waals surface area contributed by atoms with Gasteiger partial charge in [-0.1, -0.05) is 6.92 Å². The number of carbonyl (C=O) groups is 1. The molecule has 0 spiro atoms. The minimum absolute atomic E-state index is 0.0877. The molecule has 0 aromatic heterocycles. The Kier molecular flexibility index (Phi) is 5.66. The predicted molar refractivity (Wildman–Crippen MR) is 52.3 cm³/mol. The maximum atomic E-state index is 11.3. The van der Waals surface area contributed by atoms with Gasteiger partial charge in [0.05, 0.1) is 0 Å². The van der Waals surface area contributed by atoms with Crippen molar-refractivity contribution in [1.29, 1.82) is 0 Å². The summed E-state index contributed by atoms with van der Waals surface area (Å²) in [4.78, 5) is 11.3. The zero-order valence-corrected chi connectivity index (χ0v) is 8.83. The Labute approximate surface area is 79.8 Å². The van der Waals surface area contributed by atoms with Crippen LogP contribution in [0.5, 0.6) is 0 Å². The van der Waals surface area contributed by atoms with Crippen LogP contribution < -0.4 is 11.1 Å². The van der Waals surface area contributed by atoms with Gasteiger partial charge in [-0.15, -0.1) is 0 Å². The van der Waals surface area contributed by atoms with E-state index in [9.17, 15) is 4.79 Å². The van der Waals surface area contributed by atoms with Crippen LogP contribution in [0.1, 0.15) is 20.8 Å². The van der Waals surface area contributed by atoms with Gasteiger partial charge in [0.2, 0.25) is 5.91 Å². The Morgan fingerprint density at radius 2 is 2.00 bits per heavy atom. The number of rotatable bonds is 5. The molecule has 3 atom stereocenters. The molecule has 0 aliphatic rings. The maximum Gasteiger partial charge on any atom is 0.249 e. The smallest absolute Gasteiger partial charge is 0.249 e. The average molecular weight is 188 g/mol. The van der Waals surface area contributed by atoms with E-state index in [1.165, 1.54) is 7.11 Å². The number of nitrogens with one attached hydrogen (secondary N) is 1. The number of amides is 1. The summed E-state index contributed by atoms with van der Waals surface area (Å²) in [6, 6.07) is 0.0927. The van der Waals surface area contributed by atoms with E-state index in [2.05, 4.69) is 5.32 Å². The van der Waals surface area contributed by atoms with Crippen molar-refractivity contribution < 1.29 is 9.53 Å². The number of carbonyl (C=O) groups excluding carboxylic acids is 1. The first-order valence-corrected chi connectivity index (χ1v) is 4.56. The van der Waals surface area contributed by atoms with Gasteiger partial charge in [0.15, 0.2) is 0 Å². The number of methoxy groups -OCH3 is 1. The third kappa shape index (κ3) is 4.24. The van der Waals surface area contributed by atoms with Gasteiger partial charge in [0.25, 0.3) is 0 Å². The van der Waals surface area contributed by atoms with Crippen molar-refractivity contribution in [3.63, 3.8) is 0 Å². The molecule has 0 aromatic carbocycles. The van der Waals surface area contributed by atoms with Crippen molar-refractivity contribution in [2.45, 2.75) is 32.9 Å². The van der Waals surface area contributed by atoms with E-state index >= 15 is 0 Å². The van der Waals surface area contributed by atoms with Gasteiger partial charge in [-0.3, -0.25) is 4.79 Å². The number of nitrogens with two attached hydrogens (primary N) is 1. The van der Waals surface area contributed by atoms with Crippen LogP contribution in [-0.2, 0) is 9.53 Å². The van der Waals surface area contributed by atoms with Crippen LogP contribution in [0.15, 0.2) is 0 Å². The first-order valence-electron chi connectivity index (χ1n) is 4.56. The zero-order valence-electron chi connectivity index (χ0n) is 8.83. The van der Waals surface area contributed by atoms with E-state index < -0.39 is 6.10 Å². The monoisotopic (exact) mass is 188 g/mol. The second kappa shape index (κ2) is 5.94. The van der Waals surface area contributed by atoms with Crippen LogP contribution in [0.3, 0.4) is 0 Å². The number of hydrogen-bond donors (Lipinski definition) is 2. The lowest BCUT2D eigenvalue weighted by Crippen LogP contribution is -2.44. The van der Waals surface area contributed by atoms with Gasteiger partial charge in [0, 0.05) is 13.2 Å². The van der Waals surface area contributed by atoms with Gasteiger partial charge < -0.3 is 15.8 Å². The fourth-order valence-corrected chi connectivity index (χ4v) is 0.795. The molecular formula is C9H20N2O2. The van der Waals surface area contributed by atoms with Crippen molar-refractivity contribution in [2.75, 3.05) is 13.7 Å². The highest BCUT2D eigenvalue weighted by molar-refractivity contribution is 5.80. The highest BCUT2D eigenvalue weighted by atomic mass is 16.5.